The van der Waals surface area contributed by atoms with Crippen LogP contribution < -0.4 is 0 Å². The van der Waals surface area contributed by atoms with Crippen molar-refractivity contribution in [3.63, 3.8) is 0 Å². The lowest BCUT2D eigenvalue weighted by Crippen LogP contribution is -2.12. The van der Waals surface area contributed by atoms with Crippen LogP contribution in [0.25, 0.3) is 43.4 Å². The number of hydrogen-bond acceptors (Lipinski definition) is 3. The summed E-state index contributed by atoms with van der Waals surface area (Å²) in [6, 6.07) is 19.7. The second-order valence-electron chi connectivity index (χ2n) is 10.3. The van der Waals surface area contributed by atoms with Gasteiger partial charge < -0.3 is 0 Å². The Morgan fingerprint density at radius 1 is 0.879 bits per heavy atom. The van der Waals surface area contributed by atoms with Gasteiger partial charge in [-0.15, -0.1) is 11.3 Å². The largest absolute Gasteiger partial charge is 0.256 e. The monoisotopic (exact) mass is 450 g/mol. The molecule has 3 heteroatoms. The van der Waals surface area contributed by atoms with Crippen LogP contribution in [0, 0.1) is 5.92 Å². The molecule has 5 rings (SSSR count). The van der Waals surface area contributed by atoms with E-state index in [0.717, 1.165) is 28.9 Å². The zero-order valence-corrected chi connectivity index (χ0v) is 20.8. The Morgan fingerprint density at radius 2 is 1.67 bits per heavy atom. The van der Waals surface area contributed by atoms with Crippen LogP contribution in [0.3, 0.4) is 0 Å². The van der Waals surface area contributed by atoms with Gasteiger partial charge in [0.15, 0.2) is 0 Å². The van der Waals surface area contributed by atoms with E-state index in [9.17, 15) is 0 Å². The Morgan fingerprint density at radius 3 is 2.45 bits per heavy atom. The van der Waals surface area contributed by atoms with Gasteiger partial charge in [0.05, 0.1) is 11.4 Å². The summed E-state index contributed by atoms with van der Waals surface area (Å²) in [5.74, 6) is 0.609. The first kappa shape index (κ1) is 21.8. The lowest BCUT2D eigenvalue weighted by Gasteiger charge is -2.22. The maximum Gasteiger partial charge on any atom is 0.0792 e. The molecule has 0 fully saturated rings. The second kappa shape index (κ2) is 8.39. The standard InChI is InChI=1S/C30H30N2S/c1-19(2)14-23-18-33-27-11-13-32-29(28(23)27)21-10-12-31-26(17-21)22-15-20-8-6-7-9-24(20)25(16-22)30(3,4)5/h6-13,15-19H,14H2,1-5H3. The average Bonchev–Trinajstić information content (AvgIpc) is 3.20. The number of benzene rings is 2. The van der Waals surface area contributed by atoms with Crippen molar-refractivity contribution < 1.29 is 0 Å². The lowest BCUT2D eigenvalue weighted by molar-refractivity contribution is 0.596. The minimum Gasteiger partial charge on any atom is -0.256 e. The normalized spacial score (nSPS) is 12.2. The van der Waals surface area contributed by atoms with Crippen molar-refractivity contribution in [1.82, 2.24) is 9.97 Å². The number of fused-ring (bicyclic) bond motifs is 2. The molecule has 0 aliphatic rings. The summed E-state index contributed by atoms with van der Waals surface area (Å²) in [6.07, 6.45) is 4.92. The molecule has 0 aliphatic heterocycles. The third kappa shape index (κ3) is 4.18. The van der Waals surface area contributed by atoms with Gasteiger partial charge in [0.1, 0.15) is 0 Å². The maximum absolute atomic E-state index is 4.84. The molecule has 0 aliphatic carbocycles. The fourth-order valence-corrected chi connectivity index (χ4v) is 5.64. The number of nitrogens with zero attached hydrogens (tertiary/aromatic N) is 2. The molecule has 0 saturated carbocycles. The Hall–Kier alpha value is -3.04. The summed E-state index contributed by atoms with van der Waals surface area (Å²) < 4.78 is 1.30. The van der Waals surface area contributed by atoms with Crippen LogP contribution in [0.4, 0.5) is 0 Å². The molecule has 3 heterocycles. The third-order valence-corrected chi connectivity index (χ3v) is 7.19. The van der Waals surface area contributed by atoms with Gasteiger partial charge in [-0.05, 0) is 75.4 Å². The van der Waals surface area contributed by atoms with Gasteiger partial charge in [-0.1, -0.05) is 58.9 Å². The van der Waals surface area contributed by atoms with E-state index >= 15 is 0 Å². The SMILES string of the molecule is CC(C)Cc1csc2ccnc(-c3ccnc(-c4cc(C(C)(C)C)c5ccccc5c4)c3)c12. The van der Waals surface area contributed by atoms with Crippen LogP contribution in [0.15, 0.2) is 72.4 Å². The molecule has 5 aromatic rings. The van der Waals surface area contributed by atoms with E-state index in [-0.39, 0.29) is 5.41 Å². The Balaban J connectivity index is 1.68. The molecule has 33 heavy (non-hydrogen) atoms. The average molecular weight is 451 g/mol. The van der Waals surface area contributed by atoms with E-state index in [1.807, 2.05) is 23.7 Å². The maximum atomic E-state index is 4.84. The van der Waals surface area contributed by atoms with E-state index in [4.69, 9.17) is 9.97 Å². The topological polar surface area (TPSA) is 25.8 Å². The Bertz CT molecular complexity index is 1450. The molecule has 0 spiro atoms. The van der Waals surface area contributed by atoms with Crippen LogP contribution in [-0.4, -0.2) is 9.97 Å². The van der Waals surface area contributed by atoms with Gasteiger partial charge in [-0.3, -0.25) is 9.97 Å². The number of hydrogen-bond donors (Lipinski definition) is 0. The van der Waals surface area contributed by atoms with Crippen LogP contribution in [0.5, 0.6) is 0 Å². The lowest BCUT2D eigenvalue weighted by atomic mass is 9.82. The molecule has 2 aromatic carbocycles. The zero-order valence-electron chi connectivity index (χ0n) is 20.0. The Labute approximate surface area is 200 Å². The number of aromatic nitrogens is 2. The van der Waals surface area contributed by atoms with Crippen molar-refractivity contribution in [3.05, 3.63) is 83.5 Å². The van der Waals surface area contributed by atoms with E-state index in [1.54, 1.807) is 0 Å². The molecule has 0 bridgehead atoms. The number of thiophene rings is 1. The van der Waals surface area contributed by atoms with E-state index < -0.39 is 0 Å². The van der Waals surface area contributed by atoms with Crippen molar-refractivity contribution in [1.29, 1.82) is 0 Å². The van der Waals surface area contributed by atoms with E-state index in [2.05, 4.69) is 94.6 Å². The summed E-state index contributed by atoms with van der Waals surface area (Å²) in [7, 11) is 0. The molecule has 0 N–H and O–H groups in total. The predicted octanol–water partition coefficient (Wildman–Crippen LogP) is 8.67. The third-order valence-electron chi connectivity index (χ3n) is 6.19. The molecule has 0 atom stereocenters. The first-order valence-corrected chi connectivity index (χ1v) is 12.5. The van der Waals surface area contributed by atoms with Crippen LogP contribution in [-0.2, 0) is 11.8 Å². The summed E-state index contributed by atoms with van der Waals surface area (Å²) in [6.45, 7) is 11.4. The molecule has 0 radical (unpaired) electrons. The van der Waals surface area contributed by atoms with Crippen molar-refractivity contribution in [2.45, 2.75) is 46.5 Å². The fraction of sp³-hybridized carbons (Fsp3) is 0.267. The van der Waals surface area contributed by atoms with E-state index in [1.165, 1.54) is 32.0 Å². The highest BCUT2D eigenvalue weighted by atomic mass is 32.1. The Kier molecular flexibility index (Phi) is 5.54. The highest BCUT2D eigenvalue weighted by Gasteiger charge is 2.19. The molecule has 0 unspecified atom stereocenters. The van der Waals surface area contributed by atoms with Gasteiger partial charge in [0, 0.05) is 33.6 Å². The van der Waals surface area contributed by atoms with Gasteiger partial charge in [0.25, 0.3) is 0 Å². The van der Waals surface area contributed by atoms with Crippen molar-refractivity contribution in [3.8, 4) is 22.5 Å². The smallest absolute Gasteiger partial charge is 0.0792 e. The molecule has 0 amide bonds. The minimum atomic E-state index is 0.0444. The summed E-state index contributed by atoms with van der Waals surface area (Å²) in [4.78, 5) is 9.62. The minimum absolute atomic E-state index is 0.0444. The first-order chi connectivity index (χ1) is 15.8. The van der Waals surface area contributed by atoms with Crippen LogP contribution in [0.2, 0.25) is 0 Å². The van der Waals surface area contributed by atoms with Crippen molar-refractivity contribution >= 4 is 32.2 Å². The number of rotatable bonds is 4. The quantitative estimate of drug-likeness (QED) is 0.274. The molecular formula is C30H30N2S. The second-order valence-corrected chi connectivity index (χ2v) is 11.2. The van der Waals surface area contributed by atoms with Gasteiger partial charge in [-0.25, -0.2) is 0 Å². The molecular weight excluding hydrogens is 420 g/mol. The summed E-state index contributed by atoms with van der Waals surface area (Å²) in [5.41, 5.74) is 7.11. The van der Waals surface area contributed by atoms with Crippen molar-refractivity contribution in [2.24, 2.45) is 5.92 Å². The van der Waals surface area contributed by atoms with Crippen LogP contribution in [0.1, 0.15) is 45.7 Å². The van der Waals surface area contributed by atoms with Crippen LogP contribution >= 0.6 is 11.3 Å². The number of pyridine rings is 2. The van der Waals surface area contributed by atoms with Gasteiger partial charge in [-0.2, -0.15) is 0 Å². The highest BCUT2D eigenvalue weighted by Crippen LogP contribution is 2.37. The van der Waals surface area contributed by atoms with Crippen molar-refractivity contribution in [2.75, 3.05) is 0 Å². The zero-order chi connectivity index (χ0) is 23.2. The first-order valence-electron chi connectivity index (χ1n) is 11.7. The van der Waals surface area contributed by atoms with Gasteiger partial charge >= 0.3 is 0 Å². The highest BCUT2D eigenvalue weighted by molar-refractivity contribution is 7.17. The van der Waals surface area contributed by atoms with E-state index in [0.29, 0.717) is 5.92 Å². The molecule has 2 nitrogen and oxygen atoms in total. The summed E-state index contributed by atoms with van der Waals surface area (Å²) in [5, 5.41) is 6.16. The predicted molar refractivity (Wildman–Crippen MR) is 143 cm³/mol. The molecule has 0 saturated heterocycles. The molecule has 3 aromatic heterocycles. The fourth-order valence-electron chi connectivity index (χ4n) is 4.67. The van der Waals surface area contributed by atoms with Gasteiger partial charge in [0.2, 0.25) is 0 Å². The molecule has 166 valence electrons. The summed E-state index contributed by atoms with van der Waals surface area (Å²) >= 11 is 1.82.